The Morgan fingerprint density at radius 1 is 1.08 bits per heavy atom. The van der Waals surface area contributed by atoms with Gasteiger partial charge < -0.3 is 5.11 Å². The molecule has 0 saturated heterocycles. The van der Waals surface area contributed by atoms with Crippen molar-refractivity contribution in [3.63, 3.8) is 0 Å². The van der Waals surface area contributed by atoms with Gasteiger partial charge in [-0.05, 0) is 18.1 Å². The highest BCUT2D eigenvalue weighted by Gasteiger charge is 2.59. The molecule has 1 N–H and O–H groups in total. The first-order valence-corrected chi connectivity index (χ1v) is 8.33. The molecule has 2 aromatic rings. The number of aryl methyl sites for hydroxylation is 1. The molecule has 0 bridgehead atoms. The zero-order valence-electron chi connectivity index (χ0n) is 12.8. The fraction of sp³-hybridized carbons (Fsp3) is 0.278. The van der Waals surface area contributed by atoms with Crippen LogP contribution in [-0.2, 0) is 8.22 Å². The maximum Gasteiger partial charge on any atom is 0.407 e. The van der Waals surface area contributed by atoms with Gasteiger partial charge in [0.15, 0.2) is 0 Å². The lowest BCUT2D eigenvalue weighted by Crippen LogP contribution is -2.42. The first-order chi connectivity index (χ1) is 11.2. The third-order valence-electron chi connectivity index (χ3n) is 3.95. The number of carboxylic acid groups (broad SMARTS) is 1. The van der Waals surface area contributed by atoms with Gasteiger partial charge in [-0.15, -0.1) is 0 Å². The topological polar surface area (TPSA) is 37.3 Å². The molecule has 2 atom stereocenters. The Morgan fingerprint density at radius 3 is 2.08 bits per heavy atom. The second kappa shape index (κ2) is 7.13. The maximum atomic E-state index is 14.1. The van der Waals surface area contributed by atoms with Gasteiger partial charge in [-0.2, -0.15) is 13.2 Å². The first kappa shape index (κ1) is 18.8. The summed E-state index contributed by atoms with van der Waals surface area (Å²) in [7, 11) is 0. The van der Waals surface area contributed by atoms with Crippen LogP contribution >= 0.6 is 22.6 Å². The molecule has 2 aromatic carbocycles. The van der Waals surface area contributed by atoms with Gasteiger partial charge in [0.25, 0.3) is 0 Å². The lowest BCUT2D eigenvalue weighted by atomic mass is 9.78. The highest BCUT2D eigenvalue weighted by molar-refractivity contribution is 14.1. The van der Waals surface area contributed by atoms with Crippen molar-refractivity contribution >= 4 is 28.6 Å². The molecule has 0 fully saturated rings. The van der Waals surface area contributed by atoms with Crippen LogP contribution in [0.15, 0.2) is 54.6 Å². The molecular formula is C18H16F3IO2. The van der Waals surface area contributed by atoms with Gasteiger partial charge in [-0.25, -0.2) is 0 Å². The van der Waals surface area contributed by atoms with Crippen LogP contribution in [0.25, 0.3) is 0 Å². The molecule has 0 amide bonds. The van der Waals surface area contributed by atoms with Crippen molar-refractivity contribution in [3.05, 3.63) is 71.3 Å². The van der Waals surface area contributed by atoms with Gasteiger partial charge in [-0.1, -0.05) is 82.8 Å². The average Bonchev–Trinajstić information content (AvgIpc) is 2.52. The summed E-state index contributed by atoms with van der Waals surface area (Å²) in [4.78, 5) is 11.3. The molecule has 0 aliphatic rings. The smallest absolute Gasteiger partial charge is 0.407 e. The van der Waals surface area contributed by atoms with E-state index in [1.54, 1.807) is 30.3 Å². The van der Waals surface area contributed by atoms with E-state index >= 15 is 0 Å². The summed E-state index contributed by atoms with van der Waals surface area (Å²) < 4.78 is 39.8. The molecule has 0 aliphatic heterocycles. The Morgan fingerprint density at radius 2 is 1.62 bits per heavy atom. The zero-order chi connectivity index (χ0) is 18.0. The number of hydrogen-bond acceptors (Lipinski definition) is 1. The van der Waals surface area contributed by atoms with E-state index in [-0.39, 0.29) is 5.56 Å². The Balaban J connectivity index is 2.66. The third-order valence-corrected chi connectivity index (χ3v) is 5.93. The fourth-order valence-electron chi connectivity index (χ4n) is 2.70. The number of rotatable bonds is 5. The van der Waals surface area contributed by atoms with Gasteiger partial charge in [0.2, 0.25) is 0 Å². The molecule has 0 saturated carbocycles. The van der Waals surface area contributed by atoms with E-state index < -0.39 is 27.9 Å². The van der Waals surface area contributed by atoms with Crippen molar-refractivity contribution in [3.8, 4) is 0 Å². The predicted octanol–water partition coefficient (Wildman–Crippen LogP) is 5.45. The van der Waals surface area contributed by atoms with Crippen molar-refractivity contribution in [2.75, 3.05) is 0 Å². The summed E-state index contributed by atoms with van der Waals surface area (Å²) in [6.07, 6.45) is -5.22. The van der Waals surface area contributed by atoms with Gasteiger partial charge in [-0.3, -0.25) is 4.79 Å². The van der Waals surface area contributed by atoms with Crippen molar-refractivity contribution < 1.29 is 23.1 Å². The van der Waals surface area contributed by atoms with Gasteiger partial charge in [0.05, 0.1) is 6.42 Å². The number of benzene rings is 2. The maximum absolute atomic E-state index is 14.1. The van der Waals surface area contributed by atoms with Crippen LogP contribution in [0.2, 0.25) is 0 Å². The summed E-state index contributed by atoms with van der Waals surface area (Å²) in [6, 6.07) is 14.0. The molecule has 2 nitrogen and oxygen atoms in total. The van der Waals surface area contributed by atoms with E-state index in [0.717, 1.165) is 5.56 Å². The van der Waals surface area contributed by atoms with Crippen LogP contribution in [0, 0.1) is 6.92 Å². The summed E-state index contributed by atoms with van der Waals surface area (Å²) in [6.45, 7) is 1.83. The summed E-state index contributed by atoms with van der Waals surface area (Å²) >= 11 is 1.37. The standard InChI is InChI=1S/C18H16F3IO2/c1-12-7-9-13(10-8-12)15(11-16(23)24)17(22,18(19,20)21)14-5-3-2-4-6-14/h2-10,15H,11H2,1H3,(H,23,24)/t15-,17-/m0/s1. The third kappa shape index (κ3) is 3.74. The summed E-state index contributed by atoms with van der Waals surface area (Å²) in [5.74, 6) is -2.50. The number of carbonyl (C=O) groups is 1. The Bertz CT molecular complexity index is 698. The summed E-state index contributed by atoms with van der Waals surface area (Å²) in [5.41, 5.74) is 1.31. The van der Waals surface area contributed by atoms with E-state index in [4.69, 9.17) is 0 Å². The number of alkyl halides is 4. The highest BCUT2D eigenvalue weighted by atomic mass is 127. The highest BCUT2D eigenvalue weighted by Crippen LogP contribution is 2.56. The van der Waals surface area contributed by atoms with Crippen molar-refractivity contribution in [2.24, 2.45) is 0 Å². The largest absolute Gasteiger partial charge is 0.481 e. The molecule has 6 heteroatoms. The molecule has 0 heterocycles. The first-order valence-electron chi connectivity index (χ1n) is 7.25. The second-order valence-electron chi connectivity index (χ2n) is 5.64. The van der Waals surface area contributed by atoms with E-state index in [1.807, 2.05) is 6.92 Å². The number of halogens is 4. The van der Waals surface area contributed by atoms with E-state index in [9.17, 15) is 23.1 Å². The molecule has 24 heavy (non-hydrogen) atoms. The molecule has 0 unspecified atom stereocenters. The molecule has 0 radical (unpaired) electrons. The van der Waals surface area contributed by atoms with E-state index in [2.05, 4.69) is 0 Å². The Kier molecular flexibility index (Phi) is 5.57. The van der Waals surface area contributed by atoms with Gasteiger partial charge in [0, 0.05) is 5.92 Å². The lowest BCUT2D eigenvalue weighted by molar-refractivity contribution is -0.164. The van der Waals surface area contributed by atoms with Crippen LogP contribution in [0.5, 0.6) is 0 Å². The lowest BCUT2D eigenvalue weighted by Gasteiger charge is -2.38. The SMILES string of the molecule is Cc1ccc([C@H](CC(=O)O)[C@@](I)(c2ccccc2)C(F)(F)F)cc1. The number of hydrogen-bond donors (Lipinski definition) is 1. The quantitative estimate of drug-likeness (QED) is 0.488. The van der Waals surface area contributed by atoms with E-state index in [0.29, 0.717) is 5.56 Å². The predicted molar refractivity (Wildman–Crippen MR) is 94.4 cm³/mol. The number of carboxylic acids is 1. The molecular weight excluding hydrogens is 432 g/mol. The molecule has 0 aliphatic carbocycles. The van der Waals surface area contributed by atoms with Gasteiger partial charge in [0.1, 0.15) is 3.42 Å². The van der Waals surface area contributed by atoms with Crippen molar-refractivity contribution in [1.82, 2.24) is 0 Å². The minimum atomic E-state index is -4.61. The molecule has 2 rings (SSSR count). The van der Waals surface area contributed by atoms with Crippen molar-refractivity contribution in [2.45, 2.75) is 28.9 Å². The van der Waals surface area contributed by atoms with Crippen LogP contribution in [0.4, 0.5) is 13.2 Å². The Labute approximate surface area is 151 Å². The monoisotopic (exact) mass is 448 g/mol. The van der Waals surface area contributed by atoms with E-state index in [1.165, 1.54) is 46.9 Å². The van der Waals surface area contributed by atoms with Crippen molar-refractivity contribution in [1.29, 1.82) is 0 Å². The van der Waals surface area contributed by atoms with Gasteiger partial charge >= 0.3 is 12.1 Å². The Hall–Kier alpha value is -1.57. The zero-order valence-corrected chi connectivity index (χ0v) is 15.0. The average molecular weight is 448 g/mol. The fourth-order valence-corrected chi connectivity index (χ4v) is 3.64. The molecule has 0 aromatic heterocycles. The molecule has 0 spiro atoms. The normalized spacial score (nSPS) is 15.5. The van der Waals surface area contributed by atoms with Crippen LogP contribution in [0.1, 0.15) is 29.0 Å². The summed E-state index contributed by atoms with van der Waals surface area (Å²) in [5, 5.41) is 9.21. The number of aliphatic carboxylic acids is 1. The second-order valence-corrected chi connectivity index (χ2v) is 7.34. The van der Waals surface area contributed by atoms with Crippen LogP contribution in [0.3, 0.4) is 0 Å². The minimum absolute atomic E-state index is 0.0462. The van der Waals surface area contributed by atoms with Crippen LogP contribution in [-0.4, -0.2) is 17.3 Å². The minimum Gasteiger partial charge on any atom is -0.481 e. The van der Waals surface area contributed by atoms with Crippen LogP contribution < -0.4 is 0 Å². The molecule has 128 valence electrons.